The van der Waals surface area contributed by atoms with Crippen LogP contribution in [0.3, 0.4) is 0 Å². The second-order valence-corrected chi connectivity index (χ2v) is 7.21. The van der Waals surface area contributed by atoms with Crippen molar-refractivity contribution in [1.82, 2.24) is 4.90 Å². The predicted octanol–water partition coefficient (Wildman–Crippen LogP) is 4.20. The number of amides is 2. The topological polar surface area (TPSA) is 49.4 Å². The van der Waals surface area contributed by atoms with Gasteiger partial charge in [-0.25, -0.2) is 4.39 Å². The molecule has 2 aromatic rings. The summed E-state index contributed by atoms with van der Waals surface area (Å²) < 4.78 is 13.7. The van der Waals surface area contributed by atoms with Crippen molar-refractivity contribution in [2.75, 3.05) is 11.9 Å². The molecule has 0 atom stereocenters. The minimum absolute atomic E-state index is 0.182. The van der Waals surface area contributed by atoms with E-state index in [9.17, 15) is 14.0 Å². The molecular weight excluding hydrogens is 434 g/mol. The molecule has 1 N–H and O–H groups in total. The van der Waals surface area contributed by atoms with Crippen LogP contribution in [0.5, 0.6) is 0 Å². The lowest BCUT2D eigenvalue weighted by molar-refractivity contribution is -0.133. The quantitative estimate of drug-likeness (QED) is 0.708. The van der Waals surface area contributed by atoms with Gasteiger partial charge in [0, 0.05) is 28.8 Å². The van der Waals surface area contributed by atoms with Crippen molar-refractivity contribution < 1.29 is 14.0 Å². The van der Waals surface area contributed by atoms with Gasteiger partial charge >= 0.3 is 0 Å². The number of nitrogens with zero attached hydrogens (tertiary/aromatic N) is 1. The first kappa shape index (κ1) is 17.8. The molecular formula is C19H18FIN2O2. The lowest BCUT2D eigenvalue weighted by atomic mass is 10.1. The van der Waals surface area contributed by atoms with Crippen LogP contribution in [-0.2, 0) is 11.3 Å². The monoisotopic (exact) mass is 452 g/mol. The molecule has 0 saturated carbocycles. The highest BCUT2D eigenvalue weighted by Crippen LogP contribution is 2.19. The van der Waals surface area contributed by atoms with Crippen molar-refractivity contribution in [3.05, 3.63) is 63.0 Å². The Bertz CT molecular complexity index is 810. The van der Waals surface area contributed by atoms with E-state index in [1.165, 1.54) is 18.2 Å². The number of hydrogen-bond acceptors (Lipinski definition) is 2. The molecule has 0 aliphatic carbocycles. The van der Waals surface area contributed by atoms with E-state index in [0.717, 1.165) is 24.9 Å². The summed E-state index contributed by atoms with van der Waals surface area (Å²) in [6.07, 6.45) is 2.60. The van der Waals surface area contributed by atoms with Gasteiger partial charge in [0.25, 0.3) is 5.91 Å². The Kier molecular flexibility index (Phi) is 5.67. The number of piperidine rings is 1. The Labute approximate surface area is 159 Å². The van der Waals surface area contributed by atoms with Crippen LogP contribution < -0.4 is 5.32 Å². The van der Waals surface area contributed by atoms with Crippen LogP contribution in [0.4, 0.5) is 10.1 Å². The Morgan fingerprint density at radius 3 is 2.80 bits per heavy atom. The van der Waals surface area contributed by atoms with Crippen LogP contribution in [0.2, 0.25) is 0 Å². The standard InChI is InChI=1S/C19H18FIN2O2/c20-14-7-8-16(17(21)11-14)19(25)22-15-5-3-4-13(10-15)12-23-9-2-1-6-18(23)24/h3-5,7-8,10-11H,1-2,6,9,12H2,(H,22,25). The van der Waals surface area contributed by atoms with Gasteiger partial charge in [0.05, 0.1) is 5.56 Å². The summed E-state index contributed by atoms with van der Waals surface area (Å²) in [4.78, 5) is 26.2. The van der Waals surface area contributed by atoms with Crippen LogP contribution in [0, 0.1) is 9.39 Å². The molecule has 1 aliphatic rings. The fourth-order valence-electron chi connectivity index (χ4n) is 2.87. The molecule has 2 aromatic carbocycles. The number of likely N-dealkylation sites (tertiary alicyclic amines) is 1. The van der Waals surface area contributed by atoms with E-state index in [2.05, 4.69) is 5.32 Å². The molecule has 0 spiro atoms. The summed E-state index contributed by atoms with van der Waals surface area (Å²) in [7, 11) is 0. The second kappa shape index (κ2) is 7.95. The maximum absolute atomic E-state index is 13.2. The molecule has 0 aromatic heterocycles. The summed E-state index contributed by atoms with van der Waals surface area (Å²) >= 11 is 1.94. The van der Waals surface area contributed by atoms with Crippen LogP contribution >= 0.6 is 22.6 Å². The molecule has 6 heteroatoms. The molecule has 2 amide bonds. The molecule has 1 heterocycles. The second-order valence-electron chi connectivity index (χ2n) is 6.05. The van der Waals surface area contributed by atoms with Gasteiger partial charge < -0.3 is 10.2 Å². The van der Waals surface area contributed by atoms with Crippen LogP contribution in [0.25, 0.3) is 0 Å². The van der Waals surface area contributed by atoms with Gasteiger partial charge in [-0.2, -0.15) is 0 Å². The minimum atomic E-state index is -0.367. The van der Waals surface area contributed by atoms with Gasteiger partial charge in [-0.1, -0.05) is 12.1 Å². The van der Waals surface area contributed by atoms with Gasteiger partial charge in [-0.3, -0.25) is 9.59 Å². The summed E-state index contributed by atoms with van der Waals surface area (Å²) in [6, 6.07) is 11.5. The normalized spacial score (nSPS) is 14.5. The summed E-state index contributed by atoms with van der Waals surface area (Å²) in [5.74, 6) is -0.466. The molecule has 4 nitrogen and oxygen atoms in total. The molecule has 25 heavy (non-hydrogen) atoms. The van der Waals surface area contributed by atoms with E-state index < -0.39 is 0 Å². The van der Waals surface area contributed by atoms with Crippen molar-refractivity contribution in [3.8, 4) is 0 Å². The zero-order valence-corrected chi connectivity index (χ0v) is 15.8. The molecule has 1 aliphatic heterocycles. The molecule has 3 rings (SSSR count). The number of halogens is 2. The number of carbonyl (C=O) groups excluding carboxylic acids is 2. The number of carbonyl (C=O) groups is 2. The zero-order chi connectivity index (χ0) is 17.8. The van der Waals surface area contributed by atoms with Crippen molar-refractivity contribution in [1.29, 1.82) is 0 Å². The predicted molar refractivity (Wildman–Crippen MR) is 103 cm³/mol. The number of nitrogens with one attached hydrogen (secondary N) is 1. The van der Waals surface area contributed by atoms with E-state index in [-0.39, 0.29) is 17.6 Å². The molecule has 130 valence electrons. The smallest absolute Gasteiger partial charge is 0.256 e. The lowest BCUT2D eigenvalue weighted by Crippen LogP contribution is -2.34. The first-order valence-electron chi connectivity index (χ1n) is 8.16. The van der Waals surface area contributed by atoms with Crippen molar-refractivity contribution in [2.24, 2.45) is 0 Å². The van der Waals surface area contributed by atoms with Gasteiger partial charge in [-0.05, 0) is 71.3 Å². The number of rotatable bonds is 4. The highest BCUT2D eigenvalue weighted by molar-refractivity contribution is 14.1. The average molecular weight is 452 g/mol. The number of anilines is 1. The van der Waals surface area contributed by atoms with Gasteiger partial charge in [-0.15, -0.1) is 0 Å². The molecule has 0 radical (unpaired) electrons. The Hall–Kier alpha value is -1.96. The molecule has 0 bridgehead atoms. The van der Waals surface area contributed by atoms with Crippen LogP contribution in [0.1, 0.15) is 35.2 Å². The third-order valence-electron chi connectivity index (χ3n) is 4.16. The first-order chi connectivity index (χ1) is 12.0. The van der Waals surface area contributed by atoms with E-state index in [1.54, 1.807) is 6.07 Å². The van der Waals surface area contributed by atoms with Crippen molar-refractivity contribution in [2.45, 2.75) is 25.8 Å². The maximum atomic E-state index is 13.2. The third-order valence-corrected chi connectivity index (χ3v) is 5.05. The summed E-state index contributed by atoms with van der Waals surface area (Å²) in [5, 5.41) is 2.84. The molecule has 0 unspecified atom stereocenters. The third kappa shape index (κ3) is 4.56. The average Bonchev–Trinajstić information content (AvgIpc) is 2.57. The lowest BCUT2D eigenvalue weighted by Gasteiger charge is -2.26. The van der Waals surface area contributed by atoms with E-state index in [0.29, 0.717) is 27.8 Å². The van der Waals surface area contributed by atoms with Gasteiger partial charge in [0.15, 0.2) is 0 Å². The van der Waals surface area contributed by atoms with Crippen molar-refractivity contribution >= 4 is 40.1 Å². The van der Waals surface area contributed by atoms with Gasteiger partial charge in [0.2, 0.25) is 5.91 Å². The number of hydrogen-bond donors (Lipinski definition) is 1. The fourth-order valence-corrected chi connectivity index (χ4v) is 3.59. The number of benzene rings is 2. The molecule has 1 fully saturated rings. The van der Waals surface area contributed by atoms with Crippen LogP contribution in [0.15, 0.2) is 42.5 Å². The van der Waals surface area contributed by atoms with E-state index in [1.807, 2.05) is 45.7 Å². The van der Waals surface area contributed by atoms with E-state index >= 15 is 0 Å². The Morgan fingerprint density at radius 1 is 1.20 bits per heavy atom. The highest BCUT2D eigenvalue weighted by Gasteiger charge is 2.18. The van der Waals surface area contributed by atoms with Gasteiger partial charge in [0.1, 0.15) is 5.82 Å². The maximum Gasteiger partial charge on any atom is 0.256 e. The van der Waals surface area contributed by atoms with Crippen LogP contribution in [-0.4, -0.2) is 23.3 Å². The summed E-state index contributed by atoms with van der Waals surface area (Å²) in [5.41, 5.74) is 2.06. The van der Waals surface area contributed by atoms with Crippen molar-refractivity contribution in [3.63, 3.8) is 0 Å². The van der Waals surface area contributed by atoms with E-state index in [4.69, 9.17) is 0 Å². The Balaban J connectivity index is 1.70. The minimum Gasteiger partial charge on any atom is -0.338 e. The molecule has 1 saturated heterocycles. The highest BCUT2D eigenvalue weighted by atomic mass is 127. The first-order valence-corrected chi connectivity index (χ1v) is 9.24. The zero-order valence-electron chi connectivity index (χ0n) is 13.6. The Morgan fingerprint density at radius 2 is 2.04 bits per heavy atom. The largest absolute Gasteiger partial charge is 0.338 e. The summed E-state index contributed by atoms with van der Waals surface area (Å²) in [6.45, 7) is 1.33. The SMILES string of the molecule is O=C(Nc1cccc(CN2CCCCC2=O)c1)c1ccc(F)cc1I. The fraction of sp³-hybridized carbons (Fsp3) is 0.263.